The van der Waals surface area contributed by atoms with Crippen LogP contribution in [-0.2, 0) is 0 Å². The van der Waals surface area contributed by atoms with Crippen molar-refractivity contribution in [3.63, 3.8) is 0 Å². The van der Waals surface area contributed by atoms with Gasteiger partial charge in [0.05, 0.1) is 18.7 Å². The summed E-state index contributed by atoms with van der Waals surface area (Å²) in [5.74, 6) is 0.318. The van der Waals surface area contributed by atoms with Gasteiger partial charge in [-0.3, -0.25) is 4.90 Å². The summed E-state index contributed by atoms with van der Waals surface area (Å²) in [7, 11) is 1.47. The minimum Gasteiger partial charge on any atom is -0.394 e. The largest absolute Gasteiger partial charge is 0.401 e. The number of aliphatic hydroxyl groups excluding tert-OH is 1. The highest BCUT2D eigenvalue weighted by Crippen LogP contribution is 2.42. The minimum atomic E-state index is -4.18. The van der Waals surface area contributed by atoms with Crippen LogP contribution in [0, 0.1) is 5.92 Å². The molecule has 0 aliphatic heterocycles. The standard InChI is InChI=1S/C12H21F3N2O/c1-17(7-12(13,14)15)6-11(8-18,9-2-3-9)16-10-4-5-10/h9-10,16,18H,2-8H2,1H3. The van der Waals surface area contributed by atoms with Crippen molar-refractivity contribution in [3.05, 3.63) is 0 Å². The second kappa shape index (κ2) is 4.98. The predicted octanol–water partition coefficient (Wildman–Crippen LogP) is 1.37. The van der Waals surface area contributed by atoms with Crippen LogP contribution in [0.2, 0.25) is 0 Å². The second-order valence-corrected chi connectivity index (χ2v) is 5.79. The molecule has 0 heterocycles. The van der Waals surface area contributed by atoms with Crippen molar-refractivity contribution in [1.29, 1.82) is 0 Å². The van der Waals surface area contributed by atoms with Crippen molar-refractivity contribution in [2.45, 2.75) is 43.4 Å². The van der Waals surface area contributed by atoms with Crippen LogP contribution in [0.3, 0.4) is 0 Å². The van der Waals surface area contributed by atoms with E-state index in [0.29, 0.717) is 12.0 Å². The molecule has 2 N–H and O–H groups in total. The van der Waals surface area contributed by atoms with Crippen molar-refractivity contribution >= 4 is 0 Å². The first-order valence-corrected chi connectivity index (χ1v) is 6.48. The van der Waals surface area contributed by atoms with Crippen LogP contribution in [0.15, 0.2) is 0 Å². The Morgan fingerprint density at radius 2 is 1.78 bits per heavy atom. The summed E-state index contributed by atoms with van der Waals surface area (Å²) in [6.07, 6.45) is -0.0474. The van der Waals surface area contributed by atoms with E-state index in [1.54, 1.807) is 0 Å². The fourth-order valence-electron chi connectivity index (χ4n) is 2.63. The number of halogens is 3. The number of hydrogen-bond donors (Lipinski definition) is 2. The molecule has 2 fully saturated rings. The summed E-state index contributed by atoms with van der Waals surface area (Å²) in [6, 6.07) is 0.386. The molecule has 0 aromatic heterocycles. The molecule has 106 valence electrons. The minimum absolute atomic E-state index is 0.0869. The molecule has 0 saturated heterocycles. The van der Waals surface area contributed by atoms with Crippen LogP contribution in [0.1, 0.15) is 25.7 Å². The molecular weight excluding hydrogens is 245 g/mol. The van der Waals surface area contributed by atoms with Crippen molar-refractivity contribution in [1.82, 2.24) is 10.2 Å². The number of hydrogen-bond acceptors (Lipinski definition) is 3. The molecule has 1 atom stereocenters. The summed E-state index contributed by atoms with van der Waals surface area (Å²) >= 11 is 0. The van der Waals surface area contributed by atoms with E-state index in [-0.39, 0.29) is 13.2 Å². The molecule has 0 amide bonds. The SMILES string of the molecule is CN(CC(F)(F)F)CC(CO)(NC1CC1)C1CC1. The average Bonchev–Trinajstić information content (AvgIpc) is 3.07. The van der Waals surface area contributed by atoms with Crippen molar-refractivity contribution < 1.29 is 18.3 Å². The molecule has 0 bridgehead atoms. The summed E-state index contributed by atoms with van der Waals surface area (Å²) < 4.78 is 37.1. The van der Waals surface area contributed by atoms with Crippen molar-refractivity contribution in [3.8, 4) is 0 Å². The van der Waals surface area contributed by atoms with Crippen LogP contribution in [0.4, 0.5) is 13.2 Å². The van der Waals surface area contributed by atoms with Crippen molar-refractivity contribution in [2.24, 2.45) is 5.92 Å². The first kappa shape index (κ1) is 14.1. The zero-order valence-corrected chi connectivity index (χ0v) is 10.6. The molecule has 0 aromatic rings. The van der Waals surface area contributed by atoms with E-state index in [4.69, 9.17) is 0 Å². The third-order valence-electron chi connectivity index (χ3n) is 3.71. The van der Waals surface area contributed by atoms with E-state index in [1.807, 2.05) is 0 Å². The highest BCUT2D eigenvalue weighted by molar-refractivity contribution is 5.06. The maximum Gasteiger partial charge on any atom is 0.401 e. The van der Waals surface area contributed by atoms with Crippen LogP contribution < -0.4 is 5.32 Å². The Balaban J connectivity index is 1.95. The van der Waals surface area contributed by atoms with Gasteiger partial charge in [0.25, 0.3) is 0 Å². The highest BCUT2D eigenvalue weighted by Gasteiger charge is 2.48. The van der Waals surface area contributed by atoms with Gasteiger partial charge in [-0.2, -0.15) is 13.2 Å². The number of nitrogens with one attached hydrogen (secondary N) is 1. The van der Waals surface area contributed by atoms with Crippen LogP contribution in [0.25, 0.3) is 0 Å². The van der Waals surface area contributed by atoms with Gasteiger partial charge in [-0.25, -0.2) is 0 Å². The molecule has 1 unspecified atom stereocenters. The smallest absolute Gasteiger partial charge is 0.394 e. The lowest BCUT2D eigenvalue weighted by Crippen LogP contribution is -2.59. The summed E-state index contributed by atoms with van der Waals surface area (Å²) in [4.78, 5) is 1.27. The number of alkyl halides is 3. The van der Waals surface area contributed by atoms with E-state index in [0.717, 1.165) is 25.7 Å². The first-order valence-electron chi connectivity index (χ1n) is 6.48. The van der Waals surface area contributed by atoms with Gasteiger partial charge in [0, 0.05) is 12.6 Å². The van der Waals surface area contributed by atoms with Crippen molar-refractivity contribution in [2.75, 3.05) is 26.7 Å². The average molecular weight is 266 g/mol. The maximum atomic E-state index is 12.4. The van der Waals surface area contributed by atoms with E-state index in [1.165, 1.54) is 11.9 Å². The lowest BCUT2D eigenvalue weighted by Gasteiger charge is -2.37. The Morgan fingerprint density at radius 1 is 1.17 bits per heavy atom. The molecule has 6 heteroatoms. The number of aliphatic hydroxyl groups is 1. The normalized spacial score (nSPS) is 24.3. The first-order chi connectivity index (χ1) is 8.35. The Labute approximate surface area is 105 Å². The number of nitrogens with zero attached hydrogens (tertiary/aromatic N) is 1. The lowest BCUT2D eigenvalue weighted by atomic mass is 9.93. The number of likely N-dealkylation sites (N-methyl/N-ethyl adjacent to an activating group) is 1. The van der Waals surface area contributed by atoms with Gasteiger partial charge in [-0.05, 0) is 38.6 Å². The van der Waals surface area contributed by atoms with Gasteiger partial charge in [-0.1, -0.05) is 0 Å². The lowest BCUT2D eigenvalue weighted by molar-refractivity contribution is -0.145. The van der Waals surface area contributed by atoms with E-state index >= 15 is 0 Å². The molecule has 3 nitrogen and oxygen atoms in total. The highest BCUT2D eigenvalue weighted by atomic mass is 19.4. The van der Waals surface area contributed by atoms with E-state index in [2.05, 4.69) is 5.32 Å². The van der Waals surface area contributed by atoms with E-state index < -0.39 is 18.3 Å². The quantitative estimate of drug-likeness (QED) is 0.730. The molecule has 2 rings (SSSR count). The van der Waals surface area contributed by atoms with Crippen LogP contribution in [-0.4, -0.2) is 54.5 Å². The molecular formula is C12H21F3N2O. The fourth-order valence-corrected chi connectivity index (χ4v) is 2.63. The van der Waals surface area contributed by atoms with Gasteiger partial charge in [-0.15, -0.1) is 0 Å². The molecule has 2 aliphatic carbocycles. The third kappa shape index (κ3) is 3.83. The Morgan fingerprint density at radius 3 is 2.17 bits per heavy atom. The van der Waals surface area contributed by atoms with Gasteiger partial charge >= 0.3 is 6.18 Å². The number of rotatable bonds is 7. The fraction of sp³-hybridized carbons (Fsp3) is 1.00. The third-order valence-corrected chi connectivity index (χ3v) is 3.71. The van der Waals surface area contributed by atoms with Crippen LogP contribution in [0.5, 0.6) is 0 Å². The monoisotopic (exact) mass is 266 g/mol. The predicted molar refractivity (Wildman–Crippen MR) is 62.3 cm³/mol. The maximum absolute atomic E-state index is 12.4. The summed E-state index contributed by atoms with van der Waals surface area (Å²) in [5, 5.41) is 13.0. The second-order valence-electron chi connectivity index (χ2n) is 5.79. The topological polar surface area (TPSA) is 35.5 Å². The zero-order chi connectivity index (χ0) is 13.4. The molecule has 0 aromatic carbocycles. The van der Waals surface area contributed by atoms with Gasteiger partial charge in [0.2, 0.25) is 0 Å². The van der Waals surface area contributed by atoms with E-state index in [9.17, 15) is 18.3 Å². The van der Waals surface area contributed by atoms with Crippen LogP contribution >= 0.6 is 0 Å². The zero-order valence-electron chi connectivity index (χ0n) is 10.6. The van der Waals surface area contributed by atoms with Gasteiger partial charge in [0.15, 0.2) is 0 Å². The summed E-state index contributed by atoms with van der Waals surface area (Å²) in [6.45, 7) is -0.756. The Bertz CT molecular complexity index is 290. The molecule has 0 radical (unpaired) electrons. The Hall–Kier alpha value is -0.330. The van der Waals surface area contributed by atoms with Gasteiger partial charge in [0.1, 0.15) is 0 Å². The molecule has 18 heavy (non-hydrogen) atoms. The Kier molecular flexibility index (Phi) is 3.90. The van der Waals surface area contributed by atoms with Gasteiger partial charge < -0.3 is 10.4 Å². The molecule has 2 aliphatic rings. The summed E-state index contributed by atoms with van der Waals surface area (Å²) in [5.41, 5.74) is -0.541. The molecule has 0 spiro atoms. The molecule has 2 saturated carbocycles.